The van der Waals surface area contributed by atoms with Crippen LogP contribution >= 0.6 is 19.2 Å². The van der Waals surface area contributed by atoms with Crippen molar-refractivity contribution in [2.45, 2.75) is 4.90 Å². The topological polar surface area (TPSA) is 179 Å². The molecule has 0 saturated heterocycles. The number of halogens is 1. The fourth-order valence-corrected chi connectivity index (χ4v) is 4.59. The van der Waals surface area contributed by atoms with Crippen molar-refractivity contribution in [3.8, 4) is 5.75 Å². The van der Waals surface area contributed by atoms with E-state index in [9.17, 15) is 38.1 Å². The monoisotopic (exact) mass is 451 g/mol. The second-order valence-corrected chi connectivity index (χ2v) is 9.10. The van der Waals surface area contributed by atoms with Gasteiger partial charge in [-0.15, -0.1) is 0 Å². The van der Waals surface area contributed by atoms with Crippen molar-refractivity contribution in [3.05, 3.63) is 67.7 Å². The Morgan fingerprint density at radius 2 is 1.71 bits per heavy atom. The third-order valence-corrected chi connectivity index (χ3v) is 6.16. The summed E-state index contributed by atoms with van der Waals surface area (Å²) in [5.41, 5.74) is -0.927. The summed E-state index contributed by atoms with van der Waals surface area (Å²) < 4.78 is 43.0. The molecule has 12 nitrogen and oxygen atoms in total. The minimum absolute atomic E-state index is 0.197. The highest BCUT2D eigenvalue weighted by atomic mass is 35.5. The van der Waals surface area contributed by atoms with Gasteiger partial charge < -0.3 is 9.42 Å². The maximum atomic E-state index is 12.2. The second-order valence-electron chi connectivity index (χ2n) is 5.16. The average molecular weight is 452 g/mol. The van der Waals surface area contributed by atoms with Crippen LogP contribution in [0.3, 0.4) is 0 Å². The van der Waals surface area contributed by atoms with Gasteiger partial charge in [-0.2, -0.15) is 4.72 Å². The van der Waals surface area contributed by atoms with Gasteiger partial charge in [0.15, 0.2) is 0 Å². The number of rotatable bonds is 8. The first kappa shape index (κ1) is 21.7. The molecule has 2 aromatic carbocycles. The van der Waals surface area contributed by atoms with E-state index in [4.69, 9.17) is 16.1 Å². The Morgan fingerprint density at radius 1 is 1.11 bits per heavy atom. The standard InChI is InChI=1S/C13H11ClN3O9PS/c14-12-6-5-11(7-13(12)17(20)21)28(24,25)15-8-27(22,23)26-10-3-1-9(2-4-10)16(18)19/h1-7,15H,8H2,(H,22,23). The van der Waals surface area contributed by atoms with Crippen molar-refractivity contribution < 1.29 is 32.2 Å². The third kappa shape index (κ3) is 5.47. The smallest absolute Gasteiger partial charge is 0.391 e. The molecule has 0 bridgehead atoms. The number of nitro benzene ring substituents is 2. The van der Waals surface area contributed by atoms with Gasteiger partial charge in [-0.1, -0.05) is 11.6 Å². The van der Waals surface area contributed by atoms with Gasteiger partial charge in [-0.05, 0) is 24.3 Å². The van der Waals surface area contributed by atoms with E-state index in [0.717, 1.165) is 36.4 Å². The Kier molecular flexibility index (Phi) is 6.37. The summed E-state index contributed by atoms with van der Waals surface area (Å²) in [6.07, 6.45) is -1.05. The van der Waals surface area contributed by atoms with E-state index in [2.05, 4.69) is 0 Å². The fourth-order valence-electron chi connectivity index (χ4n) is 1.88. The molecule has 0 fully saturated rings. The van der Waals surface area contributed by atoms with Crippen LogP contribution in [-0.4, -0.2) is 29.4 Å². The van der Waals surface area contributed by atoms with Crippen LogP contribution in [0, 0.1) is 20.2 Å². The van der Waals surface area contributed by atoms with Crippen molar-refractivity contribution in [1.29, 1.82) is 0 Å². The lowest BCUT2D eigenvalue weighted by Gasteiger charge is -2.14. The van der Waals surface area contributed by atoms with E-state index < -0.39 is 44.3 Å². The summed E-state index contributed by atoms with van der Waals surface area (Å²) in [5, 5.41) is 21.1. The summed E-state index contributed by atoms with van der Waals surface area (Å²) >= 11 is 5.61. The molecular weight excluding hydrogens is 441 g/mol. The first-order valence-electron chi connectivity index (χ1n) is 7.11. The van der Waals surface area contributed by atoms with Crippen LogP contribution in [0.2, 0.25) is 5.02 Å². The summed E-state index contributed by atoms with van der Waals surface area (Å²) in [4.78, 5) is 29.1. The lowest BCUT2D eigenvalue weighted by atomic mass is 10.3. The van der Waals surface area contributed by atoms with Crippen LogP contribution in [0.15, 0.2) is 47.4 Å². The molecule has 0 aliphatic carbocycles. The molecular formula is C13H11ClN3O9PS. The number of benzene rings is 2. The van der Waals surface area contributed by atoms with Crippen LogP contribution < -0.4 is 9.25 Å². The molecule has 0 aromatic heterocycles. The lowest BCUT2D eigenvalue weighted by Crippen LogP contribution is -2.26. The highest BCUT2D eigenvalue weighted by Gasteiger charge is 2.27. The first-order chi connectivity index (χ1) is 12.9. The Morgan fingerprint density at radius 3 is 2.25 bits per heavy atom. The van der Waals surface area contributed by atoms with Gasteiger partial charge in [-0.3, -0.25) is 20.2 Å². The minimum atomic E-state index is -4.53. The molecule has 0 aliphatic rings. The number of non-ortho nitro benzene ring substituents is 1. The molecule has 1 atom stereocenters. The molecule has 2 aromatic rings. The quantitative estimate of drug-likeness (QED) is 0.346. The van der Waals surface area contributed by atoms with Crippen molar-refractivity contribution in [2.24, 2.45) is 0 Å². The van der Waals surface area contributed by atoms with Crippen LogP contribution in [-0.2, 0) is 14.6 Å². The maximum Gasteiger partial charge on any atom is 0.391 e. The number of nitrogens with zero attached hydrogens (tertiary/aromatic N) is 2. The minimum Gasteiger partial charge on any atom is -0.424 e. The van der Waals surface area contributed by atoms with Gasteiger partial charge in [0.05, 0.1) is 14.7 Å². The van der Waals surface area contributed by atoms with Gasteiger partial charge in [0.25, 0.3) is 11.4 Å². The van der Waals surface area contributed by atoms with Crippen molar-refractivity contribution >= 4 is 40.6 Å². The molecule has 2 N–H and O–H groups in total. The van der Waals surface area contributed by atoms with E-state index >= 15 is 0 Å². The van der Waals surface area contributed by atoms with E-state index in [0.29, 0.717) is 6.07 Å². The molecule has 0 aliphatic heterocycles. The van der Waals surface area contributed by atoms with Crippen molar-refractivity contribution in [2.75, 3.05) is 6.29 Å². The number of sulfonamides is 1. The maximum absolute atomic E-state index is 12.2. The zero-order chi connectivity index (χ0) is 21.1. The van der Waals surface area contributed by atoms with Crippen LogP contribution in [0.4, 0.5) is 11.4 Å². The van der Waals surface area contributed by atoms with Crippen molar-refractivity contribution in [3.63, 3.8) is 0 Å². The number of hydrogen-bond donors (Lipinski definition) is 2. The predicted octanol–water partition coefficient (Wildman–Crippen LogP) is 2.66. The van der Waals surface area contributed by atoms with Crippen LogP contribution in [0.5, 0.6) is 5.75 Å². The van der Waals surface area contributed by atoms with E-state index in [1.54, 1.807) is 0 Å². The number of nitro groups is 2. The first-order valence-corrected chi connectivity index (χ1v) is 10.7. The normalized spacial score (nSPS) is 13.5. The average Bonchev–Trinajstić information content (AvgIpc) is 2.60. The molecule has 28 heavy (non-hydrogen) atoms. The molecule has 0 spiro atoms. The Balaban J connectivity index is 2.12. The molecule has 0 heterocycles. The SMILES string of the molecule is O=[N+]([O-])c1ccc(OP(=O)(O)CNS(=O)(=O)c2ccc(Cl)c([N+](=O)[O-])c2)cc1. The molecule has 0 radical (unpaired) electrons. The summed E-state index contributed by atoms with van der Waals surface area (Å²) in [6, 6.07) is 6.89. The van der Waals surface area contributed by atoms with E-state index in [1.807, 2.05) is 4.72 Å². The van der Waals surface area contributed by atoms with Gasteiger partial charge in [0.2, 0.25) is 10.0 Å². The second kappa shape index (κ2) is 8.20. The summed E-state index contributed by atoms with van der Waals surface area (Å²) in [7, 11) is -8.92. The van der Waals surface area contributed by atoms with Gasteiger partial charge in [0.1, 0.15) is 17.1 Å². The number of nitrogens with one attached hydrogen (secondary N) is 1. The molecule has 1 unspecified atom stereocenters. The molecule has 150 valence electrons. The van der Waals surface area contributed by atoms with Crippen LogP contribution in [0.1, 0.15) is 0 Å². The summed E-state index contributed by atoms with van der Waals surface area (Å²) in [6.45, 7) is 0. The van der Waals surface area contributed by atoms with Gasteiger partial charge in [-0.25, -0.2) is 13.0 Å². The highest BCUT2D eigenvalue weighted by molar-refractivity contribution is 7.89. The van der Waals surface area contributed by atoms with Crippen LogP contribution in [0.25, 0.3) is 0 Å². The van der Waals surface area contributed by atoms with E-state index in [-0.39, 0.29) is 16.5 Å². The Hall–Kier alpha value is -2.57. The lowest BCUT2D eigenvalue weighted by molar-refractivity contribution is -0.385. The zero-order valence-electron chi connectivity index (χ0n) is 13.6. The van der Waals surface area contributed by atoms with Crippen molar-refractivity contribution in [1.82, 2.24) is 4.72 Å². The number of hydrogen-bond acceptors (Lipinski definition) is 8. The Labute approximate surface area is 162 Å². The highest BCUT2D eigenvalue weighted by Crippen LogP contribution is 2.42. The molecule has 15 heteroatoms. The van der Waals surface area contributed by atoms with Gasteiger partial charge in [0, 0.05) is 18.2 Å². The molecule has 0 amide bonds. The predicted molar refractivity (Wildman–Crippen MR) is 96.8 cm³/mol. The zero-order valence-corrected chi connectivity index (χ0v) is 16.1. The van der Waals surface area contributed by atoms with E-state index in [1.165, 1.54) is 0 Å². The fraction of sp³-hybridized carbons (Fsp3) is 0.0769. The molecule has 0 saturated carbocycles. The molecule has 2 rings (SSSR count). The van der Waals surface area contributed by atoms with Gasteiger partial charge >= 0.3 is 7.60 Å². The third-order valence-electron chi connectivity index (χ3n) is 3.17. The largest absolute Gasteiger partial charge is 0.424 e. The summed E-state index contributed by atoms with van der Waals surface area (Å²) in [5.74, 6) is -0.197. The Bertz CT molecular complexity index is 1080.